The number of nitrogens with two attached hydrogens (primary N) is 1. The number of amides is 1. The van der Waals surface area contributed by atoms with E-state index in [-0.39, 0.29) is 5.91 Å². The molecule has 2 N–H and O–H groups in total. The van der Waals surface area contributed by atoms with E-state index in [4.69, 9.17) is 5.73 Å². The summed E-state index contributed by atoms with van der Waals surface area (Å²) < 4.78 is 38.0. The van der Waals surface area contributed by atoms with Gasteiger partial charge in [-0.1, -0.05) is 24.3 Å². The monoisotopic (exact) mass is 320 g/mol. The Morgan fingerprint density at radius 3 is 2.30 bits per heavy atom. The number of carbonyl (C=O) groups excluding carboxylic acids is 1. The minimum absolute atomic E-state index is 0.236. The largest absolute Gasteiger partial charge is 0.416 e. The molecule has 6 heteroatoms. The van der Waals surface area contributed by atoms with E-state index in [2.05, 4.69) is 0 Å². The summed E-state index contributed by atoms with van der Waals surface area (Å²) in [5, 5.41) is 0. The Bertz CT molecular complexity index is 740. The number of halogens is 3. The van der Waals surface area contributed by atoms with Gasteiger partial charge in [-0.3, -0.25) is 4.79 Å². The third-order valence-electron chi connectivity index (χ3n) is 4.00. The molecule has 1 amide bonds. The van der Waals surface area contributed by atoms with Gasteiger partial charge in [-0.25, -0.2) is 0 Å². The average Bonchev–Trinajstić information content (AvgIpc) is 2.50. The first-order valence-corrected chi connectivity index (χ1v) is 7.11. The Kier molecular flexibility index (Phi) is 3.64. The van der Waals surface area contributed by atoms with Crippen LogP contribution in [0.15, 0.2) is 48.5 Å². The highest BCUT2D eigenvalue weighted by Crippen LogP contribution is 2.39. The van der Waals surface area contributed by atoms with Crippen LogP contribution in [-0.2, 0) is 11.0 Å². The average molecular weight is 320 g/mol. The number of anilines is 1. The number of hydrogen-bond donors (Lipinski definition) is 1. The fourth-order valence-electron chi connectivity index (χ4n) is 2.80. The second kappa shape index (κ2) is 5.38. The van der Waals surface area contributed by atoms with Gasteiger partial charge in [-0.2, -0.15) is 13.2 Å². The quantitative estimate of drug-likeness (QED) is 0.862. The van der Waals surface area contributed by atoms with Crippen molar-refractivity contribution in [1.29, 1.82) is 0 Å². The van der Waals surface area contributed by atoms with Crippen LogP contribution < -0.4 is 10.6 Å². The van der Waals surface area contributed by atoms with Crippen molar-refractivity contribution >= 4 is 11.6 Å². The molecule has 1 fully saturated rings. The van der Waals surface area contributed by atoms with Gasteiger partial charge in [0.05, 0.1) is 11.6 Å². The second-order valence-corrected chi connectivity index (χ2v) is 5.64. The molecule has 1 heterocycles. The van der Waals surface area contributed by atoms with Crippen LogP contribution in [0.3, 0.4) is 0 Å². The predicted octanol–water partition coefficient (Wildman–Crippen LogP) is 3.43. The summed E-state index contributed by atoms with van der Waals surface area (Å²) in [6.07, 6.45) is -4.38. The molecule has 0 aliphatic carbocycles. The fourth-order valence-corrected chi connectivity index (χ4v) is 2.80. The van der Waals surface area contributed by atoms with E-state index >= 15 is 0 Å². The molecule has 2 unspecified atom stereocenters. The summed E-state index contributed by atoms with van der Waals surface area (Å²) >= 11 is 0. The topological polar surface area (TPSA) is 46.3 Å². The molecule has 3 nitrogen and oxygen atoms in total. The molecule has 3 rings (SSSR count). The van der Waals surface area contributed by atoms with Gasteiger partial charge in [-0.15, -0.1) is 0 Å². The Balaban J connectivity index is 1.93. The lowest BCUT2D eigenvalue weighted by Crippen LogP contribution is -2.63. The third-order valence-corrected chi connectivity index (χ3v) is 4.00. The van der Waals surface area contributed by atoms with E-state index in [1.807, 2.05) is 25.1 Å². The Morgan fingerprint density at radius 2 is 1.74 bits per heavy atom. The van der Waals surface area contributed by atoms with Gasteiger partial charge >= 0.3 is 6.18 Å². The molecule has 2 aromatic rings. The second-order valence-electron chi connectivity index (χ2n) is 5.64. The van der Waals surface area contributed by atoms with Gasteiger partial charge in [0.2, 0.25) is 5.91 Å². The highest BCUT2D eigenvalue weighted by Gasteiger charge is 2.46. The molecule has 0 aromatic heterocycles. The summed E-state index contributed by atoms with van der Waals surface area (Å²) in [5.41, 5.74) is 7.43. The third kappa shape index (κ3) is 2.70. The summed E-state index contributed by atoms with van der Waals surface area (Å²) in [4.78, 5) is 13.6. The zero-order chi connectivity index (χ0) is 16.8. The molecule has 0 spiro atoms. The number of hydrogen-bond acceptors (Lipinski definition) is 2. The first-order valence-electron chi connectivity index (χ1n) is 7.11. The van der Waals surface area contributed by atoms with Gasteiger partial charge < -0.3 is 10.6 Å². The molecular weight excluding hydrogens is 305 g/mol. The van der Waals surface area contributed by atoms with Crippen LogP contribution in [0.1, 0.15) is 22.7 Å². The van der Waals surface area contributed by atoms with E-state index < -0.39 is 23.8 Å². The number of benzene rings is 2. The number of nitrogens with zero attached hydrogens (tertiary/aromatic N) is 1. The van der Waals surface area contributed by atoms with Gasteiger partial charge in [0.15, 0.2) is 0 Å². The lowest BCUT2D eigenvalue weighted by atomic mass is 9.88. The molecule has 2 aromatic carbocycles. The van der Waals surface area contributed by atoms with Crippen molar-refractivity contribution in [2.24, 2.45) is 5.73 Å². The normalized spacial score (nSPS) is 21.3. The summed E-state index contributed by atoms with van der Waals surface area (Å²) in [6, 6.07) is 10.9. The lowest BCUT2D eigenvalue weighted by molar-refractivity contribution is -0.137. The Morgan fingerprint density at radius 1 is 1.09 bits per heavy atom. The molecule has 2 atom stereocenters. The van der Waals surface area contributed by atoms with Crippen LogP contribution in [0, 0.1) is 6.92 Å². The van der Waals surface area contributed by atoms with E-state index in [1.165, 1.54) is 17.0 Å². The lowest BCUT2D eigenvalue weighted by Gasteiger charge is -2.45. The van der Waals surface area contributed by atoms with Gasteiger partial charge in [-0.05, 0) is 42.3 Å². The van der Waals surface area contributed by atoms with Crippen molar-refractivity contribution in [3.05, 3.63) is 65.2 Å². The Labute approximate surface area is 131 Å². The first kappa shape index (κ1) is 15.6. The maximum atomic E-state index is 12.7. The standard InChI is InChI=1S/C17H15F3N2O/c1-10-3-2-4-13(9-10)22-15(14(21)16(22)23)11-5-7-12(8-6-11)17(18,19)20/h2-9,14-15H,21H2,1H3. The smallest absolute Gasteiger partial charge is 0.318 e. The number of rotatable bonds is 2. The zero-order valence-electron chi connectivity index (χ0n) is 12.3. The Hall–Kier alpha value is -2.34. The number of alkyl halides is 3. The first-order chi connectivity index (χ1) is 10.8. The summed E-state index contributed by atoms with van der Waals surface area (Å²) in [7, 11) is 0. The molecule has 1 saturated heterocycles. The van der Waals surface area contributed by atoms with Crippen molar-refractivity contribution in [2.45, 2.75) is 25.2 Å². The fraction of sp³-hybridized carbons (Fsp3) is 0.235. The van der Waals surface area contributed by atoms with E-state index in [0.29, 0.717) is 11.3 Å². The summed E-state index contributed by atoms with van der Waals surface area (Å²) in [5.74, 6) is -0.236. The van der Waals surface area contributed by atoms with Crippen LogP contribution in [0.5, 0.6) is 0 Å². The SMILES string of the molecule is Cc1cccc(N2C(=O)C(N)C2c2ccc(C(F)(F)F)cc2)c1. The van der Waals surface area contributed by atoms with Crippen LogP contribution in [-0.4, -0.2) is 11.9 Å². The predicted molar refractivity (Wildman–Crippen MR) is 80.8 cm³/mol. The highest BCUT2D eigenvalue weighted by atomic mass is 19.4. The van der Waals surface area contributed by atoms with Crippen molar-refractivity contribution in [1.82, 2.24) is 0 Å². The van der Waals surface area contributed by atoms with Crippen molar-refractivity contribution in [3.63, 3.8) is 0 Å². The molecule has 0 radical (unpaired) electrons. The van der Waals surface area contributed by atoms with Crippen LogP contribution in [0.25, 0.3) is 0 Å². The van der Waals surface area contributed by atoms with Crippen molar-refractivity contribution in [2.75, 3.05) is 4.90 Å². The maximum Gasteiger partial charge on any atom is 0.416 e. The van der Waals surface area contributed by atoms with E-state index in [1.54, 1.807) is 6.07 Å². The number of carbonyl (C=O) groups is 1. The summed E-state index contributed by atoms with van der Waals surface area (Å²) in [6.45, 7) is 1.90. The van der Waals surface area contributed by atoms with Crippen LogP contribution in [0.4, 0.5) is 18.9 Å². The zero-order valence-corrected chi connectivity index (χ0v) is 12.3. The van der Waals surface area contributed by atoms with Crippen LogP contribution >= 0.6 is 0 Å². The minimum Gasteiger partial charge on any atom is -0.318 e. The van der Waals surface area contributed by atoms with Crippen molar-refractivity contribution in [3.8, 4) is 0 Å². The maximum absolute atomic E-state index is 12.7. The van der Waals surface area contributed by atoms with E-state index in [0.717, 1.165) is 17.7 Å². The molecule has 23 heavy (non-hydrogen) atoms. The molecule has 1 aliphatic heterocycles. The number of β-lactam (4-membered cyclic amide) rings is 1. The number of aryl methyl sites for hydroxylation is 1. The van der Waals surface area contributed by atoms with E-state index in [9.17, 15) is 18.0 Å². The highest BCUT2D eigenvalue weighted by molar-refractivity contribution is 6.05. The van der Waals surface area contributed by atoms with Gasteiger partial charge in [0.25, 0.3) is 0 Å². The van der Waals surface area contributed by atoms with Gasteiger partial charge in [0, 0.05) is 5.69 Å². The molecular formula is C17H15F3N2O. The van der Waals surface area contributed by atoms with Crippen molar-refractivity contribution < 1.29 is 18.0 Å². The molecule has 120 valence electrons. The minimum atomic E-state index is -4.38. The molecule has 1 aliphatic rings. The van der Waals surface area contributed by atoms with Gasteiger partial charge in [0.1, 0.15) is 6.04 Å². The molecule has 0 saturated carbocycles. The molecule has 0 bridgehead atoms. The van der Waals surface area contributed by atoms with Crippen LogP contribution in [0.2, 0.25) is 0 Å².